The number of fused-ring (bicyclic) bond motifs is 1. The molecule has 0 aliphatic carbocycles. The maximum absolute atomic E-state index is 12.0. The van der Waals surface area contributed by atoms with Gasteiger partial charge in [-0.2, -0.15) is 0 Å². The van der Waals surface area contributed by atoms with E-state index in [9.17, 15) is 4.79 Å². The van der Waals surface area contributed by atoms with Gasteiger partial charge >= 0.3 is 0 Å². The molecule has 0 spiro atoms. The van der Waals surface area contributed by atoms with E-state index >= 15 is 0 Å². The predicted octanol–water partition coefficient (Wildman–Crippen LogP) is 2.09. The van der Waals surface area contributed by atoms with Crippen molar-refractivity contribution in [2.45, 2.75) is 6.42 Å². The van der Waals surface area contributed by atoms with Gasteiger partial charge in [0, 0.05) is 42.9 Å². The molecular weight excluding hydrogens is 302 g/mol. The Labute approximate surface area is 142 Å². The van der Waals surface area contributed by atoms with Crippen molar-refractivity contribution >= 4 is 22.9 Å². The molecule has 5 heteroatoms. The van der Waals surface area contributed by atoms with Gasteiger partial charge in [-0.15, -0.1) is 0 Å². The van der Waals surface area contributed by atoms with Crippen molar-refractivity contribution in [3.05, 3.63) is 48.2 Å². The molecular formula is C19H23N3O2. The number of amides is 1. The Morgan fingerprint density at radius 1 is 1.25 bits per heavy atom. The third kappa shape index (κ3) is 4.63. The van der Waals surface area contributed by atoms with E-state index in [1.54, 1.807) is 12.3 Å². The van der Waals surface area contributed by atoms with Crippen LogP contribution in [0.15, 0.2) is 42.6 Å². The van der Waals surface area contributed by atoms with Crippen LogP contribution in [0.3, 0.4) is 0 Å². The SMILES string of the molecule is O=C(/C=C/c1cccc2cccnc12)NCCCN1CCOCC1. The van der Waals surface area contributed by atoms with E-state index in [4.69, 9.17) is 4.74 Å². The number of pyridine rings is 1. The lowest BCUT2D eigenvalue weighted by atomic mass is 10.1. The highest BCUT2D eigenvalue weighted by Crippen LogP contribution is 2.16. The molecule has 126 valence electrons. The first-order valence-corrected chi connectivity index (χ1v) is 8.43. The predicted molar refractivity (Wildman–Crippen MR) is 95.7 cm³/mol. The summed E-state index contributed by atoms with van der Waals surface area (Å²) in [5.74, 6) is -0.0649. The van der Waals surface area contributed by atoms with Crippen molar-refractivity contribution in [1.82, 2.24) is 15.2 Å². The topological polar surface area (TPSA) is 54.5 Å². The normalized spacial score (nSPS) is 15.8. The van der Waals surface area contributed by atoms with Gasteiger partial charge in [-0.05, 0) is 25.1 Å². The molecule has 24 heavy (non-hydrogen) atoms. The van der Waals surface area contributed by atoms with Crippen molar-refractivity contribution in [3.8, 4) is 0 Å². The fourth-order valence-electron chi connectivity index (χ4n) is 2.83. The molecule has 5 nitrogen and oxygen atoms in total. The zero-order valence-electron chi connectivity index (χ0n) is 13.8. The maximum Gasteiger partial charge on any atom is 0.244 e. The van der Waals surface area contributed by atoms with Crippen LogP contribution in [-0.4, -0.2) is 55.2 Å². The molecule has 1 saturated heterocycles. The summed E-state index contributed by atoms with van der Waals surface area (Å²) < 4.78 is 5.32. The zero-order valence-corrected chi connectivity index (χ0v) is 13.8. The summed E-state index contributed by atoms with van der Waals surface area (Å²) in [6.07, 6.45) is 6.13. The number of rotatable bonds is 6. The van der Waals surface area contributed by atoms with E-state index in [1.807, 2.05) is 36.4 Å². The number of aromatic nitrogens is 1. The first-order valence-electron chi connectivity index (χ1n) is 8.43. The molecule has 0 bridgehead atoms. The first kappa shape index (κ1) is 16.6. The number of benzene rings is 1. The fraction of sp³-hybridized carbons (Fsp3) is 0.368. The Balaban J connectivity index is 1.46. The lowest BCUT2D eigenvalue weighted by molar-refractivity contribution is -0.116. The van der Waals surface area contributed by atoms with Gasteiger partial charge in [0.25, 0.3) is 0 Å². The monoisotopic (exact) mass is 325 g/mol. The smallest absolute Gasteiger partial charge is 0.244 e. The fourth-order valence-corrected chi connectivity index (χ4v) is 2.83. The number of nitrogens with one attached hydrogen (secondary N) is 1. The number of hydrogen-bond acceptors (Lipinski definition) is 4. The molecule has 0 atom stereocenters. The number of nitrogens with zero attached hydrogens (tertiary/aromatic N) is 2. The van der Waals surface area contributed by atoms with Crippen LogP contribution in [0, 0.1) is 0 Å². The van der Waals surface area contributed by atoms with E-state index in [-0.39, 0.29) is 5.91 Å². The molecule has 0 radical (unpaired) electrons. The molecule has 2 heterocycles. The lowest BCUT2D eigenvalue weighted by Crippen LogP contribution is -2.38. The molecule has 3 rings (SSSR count). The largest absolute Gasteiger partial charge is 0.379 e. The molecule has 0 saturated carbocycles. The van der Waals surface area contributed by atoms with Crippen LogP contribution in [0.25, 0.3) is 17.0 Å². The molecule has 2 aromatic rings. The Kier molecular flexibility index (Phi) is 5.93. The number of morpholine rings is 1. The Morgan fingerprint density at radius 2 is 2.08 bits per heavy atom. The molecule has 1 fully saturated rings. The zero-order chi connectivity index (χ0) is 16.6. The second-order valence-corrected chi connectivity index (χ2v) is 5.85. The minimum absolute atomic E-state index is 0.0649. The third-order valence-corrected chi connectivity index (χ3v) is 4.13. The number of ether oxygens (including phenoxy) is 1. The van der Waals surface area contributed by atoms with Crippen molar-refractivity contribution < 1.29 is 9.53 Å². The Bertz CT molecular complexity index is 703. The minimum Gasteiger partial charge on any atom is -0.379 e. The van der Waals surface area contributed by atoms with Gasteiger partial charge < -0.3 is 10.1 Å². The van der Waals surface area contributed by atoms with E-state index in [0.717, 1.165) is 55.7 Å². The average molecular weight is 325 g/mol. The van der Waals surface area contributed by atoms with Gasteiger partial charge in [0.2, 0.25) is 5.91 Å². The highest BCUT2D eigenvalue weighted by atomic mass is 16.5. The van der Waals surface area contributed by atoms with Crippen molar-refractivity contribution in [3.63, 3.8) is 0 Å². The third-order valence-electron chi connectivity index (χ3n) is 4.13. The van der Waals surface area contributed by atoms with Crippen LogP contribution in [0.1, 0.15) is 12.0 Å². The maximum atomic E-state index is 12.0. The number of carbonyl (C=O) groups excluding carboxylic acids is 1. The molecule has 1 N–H and O–H groups in total. The summed E-state index contributed by atoms with van der Waals surface area (Å²) in [5.41, 5.74) is 1.87. The van der Waals surface area contributed by atoms with Gasteiger partial charge in [0.05, 0.1) is 18.7 Å². The van der Waals surface area contributed by atoms with E-state index in [2.05, 4.69) is 15.2 Å². The number of carbonyl (C=O) groups is 1. The standard InChI is InChI=1S/C19H23N3O2/c23-18(20-10-3-11-22-12-14-24-15-13-22)8-7-17-5-1-4-16-6-2-9-21-19(16)17/h1-2,4-9H,3,10-15H2,(H,20,23)/b8-7+. The van der Waals surface area contributed by atoms with Crippen molar-refractivity contribution in [1.29, 1.82) is 0 Å². The Morgan fingerprint density at radius 3 is 2.96 bits per heavy atom. The van der Waals surface area contributed by atoms with E-state index in [0.29, 0.717) is 6.54 Å². The lowest BCUT2D eigenvalue weighted by Gasteiger charge is -2.26. The second-order valence-electron chi connectivity index (χ2n) is 5.85. The average Bonchev–Trinajstić information content (AvgIpc) is 2.64. The summed E-state index contributed by atoms with van der Waals surface area (Å²) in [4.78, 5) is 18.7. The highest BCUT2D eigenvalue weighted by Gasteiger charge is 2.09. The van der Waals surface area contributed by atoms with Gasteiger partial charge in [0.1, 0.15) is 0 Å². The number of para-hydroxylation sites is 1. The molecule has 0 unspecified atom stereocenters. The van der Waals surface area contributed by atoms with Crippen LogP contribution < -0.4 is 5.32 Å². The molecule has 1 aliphatic heterocycles. The summed E-state index contributed by atoms with van der Waals surface area (Å²) in [6, 6.07) is 9.90. The molecule has 1 aromatic heterocycles. The number of hydrogen-bond donors (Lipinski definition) is 1. The molecule has 1 aromatic carbocycles. The summed E-state index contributed by atoms with van der Waals surface area (Å²) in [6.45, 7) is 5.29. The first-order chi connectivity index (χ1) is 11.8. The van der Waals surface area contributed by atoms with Crippen LogP contribution >= 0.6 is 0 Å². The van der Waals surface area contributed by atoms with Crippen LogP contribution in [0.5, 0.6) is 0 Å². The van der Waals surface area contributed by atoms with Crippen molar-refractivity contribution in [2.75, 3.05) is 39.4 Å². The second kappa shape index (κ2) is 8.57. The van der Waals surface area contributed by atoms with Crippen molar-refractivity contribution in [2.24, 2.45) is 0 Å². The van der Waals surface area contributed by atoms with Crippen LogP contribution in [0.2, 0.25) is 0 Å². The summed E-state index contributed by atoms with van der Waals surface area (Å²) >= 11 is 0. The Hall–Kier alpha value is -2.24. The van der Waals surface area contributed by atoms with Gasteiger partial charge in [0.15, 0.2) is 0 Å². The quantitative estimate of drug-likeness (QED) is 0.653. The van der Waals surface area contributed by atoms with Crippen LogP contribution in [0.4, 0.5) is 0 Å². The van der Waals surface area contributed by atoms with Crippen LogP contribution in [-0.2, 0) is 9.53 Å². The summed E-state index contributed by atoms with van der Waals surface area (Å²) in [5, 5.41) is 4.01. The highest BCUT2D eigenvalue weighted by molar-refractivity contribution is 5.95. The summed E-state index contributed by atoms with van der Waals surface area (Å²) in [7, 11) is 0. The van der Waals surface area contributed by atoms with E-state index in [1.165, 1.54) is 0 Å². The molecule has 1 amide bonds. The van der Waals surface area contributed by atoms with Gasteiger partial charge in [-0.25, -0.2) is 0 Å². The molecule has 1 aliphatic rings. The van der Waals surface area contributed by atoms with Gasteiger partial charge in [-0.3, -0.25) is 14.7 Å². The minimum atomic E-state index is -0.0649. The van der Waals surface area contributed by atoms with Gasteiger partial charge in [-0.1, -0.05) is 24.3 Å². The van der Waals surface area contributed by atoms with E-state index < -0.39 is 0 Å².